The number of rotatable bonds is 3. The molecular weight excluding hydrogens is 240 g/mol. The molecule has 0 atom stereocenters. The van der Waals surface area contributed by atoms with E-state index in [2.05, 4.69) is 9.97 Å². The summed E-state index contributed by atoms with van der Waals surface area (Å²) in [6.07, 6.45) is 1.67. The Kier molecular flexibility index (Phi) is 3.44. The minimum absolute atomic E-state index is 0.268. The lowest BCUT2D eigenvalue weighted by Gasteiger charge is -1.97. The number of nitrogens with one attached hydrogen (secondary N) is 1. The van der Waals surface area contributed by atoms with E-state index < -0.39 is 5.97 Å². The second kappa shape index (κ2) is 5.01. The molecule has 0 aliphatic heterocycles. The Balaban J connectivity index is 2.34. The van der Waals surface area contributed by atoms with Gasteiger partial charge in [-0.25, -0.2) is 4.79 Å². The molecule has 2 heterocycles. The molecule has 0 bridgehead atoms. The van der Waals surface area contributed by atoms with Crippen LogP contribution < -0.4 is 0 Å². The SMILES string of the molecule is CCOC(=O)c1cc(-c2ccccn2)[nH]c1Cl. The number of pyridine rings is 1. The number of esters is 1. The number of ether oxygens (including phenoxy) is 1. The van der Waals surface area contributed by atoms with Crippen LogP contribution in [-0.2, 0) is 4.74 Å². The normalized spacial score (nSPS) is 10.2. The van der Waals surface area contributed by atoms with Crippen molar-refractivity contribution in [1.29, 1.82) is 0 Å². The number of aromatic nitrogens is 2. The van der Waals surface area contributed by atoms with Crippen molar-refractivity contribution in [3.63, 3.8) is 0 Å². The monoisotopic (exact) mass is 250 g/mol. The Bertz CT molecular complexity index is 523. The van der Waals surface area contributed by atoms with Crippen molar-refractivity contribution in [2.45, 2.75) is 6.92 Å². The van der Waals surface area contributed by atoms with Crippen LogP contribution in [0.25, 0.3) is 11.4 Å². The van der Waals surface area contributed by atoms with Crippen LogP contribution in [0.15, 0.2) is 30.5 Å². The molecular formula is C12H11ClN2O2. The van der Waals surface area contributed by atoms with Gasteiger partial charge in [0.05, 0.1) is 23.6 Å². The van der Waals surface area contributed by atoms with E-state index in [1.165, 1.54) is 0 Å². The van der Waals surface area contributed by atoms with Crippen molar-refractivity contribution in [2.24, 2.45) is 0 Å². The predicted octanol–water partition coefficient (Wildman–Crippen LogP) is 2.91. The lowest BCUT2D eigenvalue weighted by atomic mass is 10.2. The molecule has 0 saturated heterocycles. The number of hydrogen-bond acceptors (Lipinski definition) is 3. The van der Waals surface area contributed by atoms with Gasteiger partial charge in [0, 0.05) is 6.20 Å². The van der Waals surface area contributed by atoms with Crippen LogP contribution in [0.4, 0.5) is 0 Å². The Morgan fingerprint density at radius 2 is 2.35 bits per heavy atom. The van der Waals surface area contributed by atoms with Gasteiger partial charge in [-0.05, 0) is 25.1 Å². The number of halogens is 1. The van der Waals surface area contributed by atoms with Gasteiger partial charge in [0.15, 0.2) is 0 Å². The number of H-pyrrole nitrogens is 1. The van der Waals surface area contributed by atoms with E-state index >= 15 is 0 Å². The summed E-state index contributed by atoms with van der Waals surface area (Å²) in [5, 5.41) is 0.268. The average Bonchev–Trinajstić information content (AvgIpc) is 2.73. The van der Waals surface area contributed by atoms with Gasteiger partial charge in [0.25, 0.3) is 0 Å². The maximum atomic E-state index is 11.6. The standard InChI is InChI=1S/C12H11ClN2O2/c1-2-17-12(16)8-7-10(15-11(8)13)9-5-3-4-6-14-9/h3-7,15H,2H2,1H3. The van der Waals surface area contributed by atoms with Gasteiger partial charge in [0.1, 0.15) is 5.15 Å². The van der Waals surface area contributed by atoms with Crippen LogP contribution in [0.3, 0.4) is 0 Å². The molecule has 0 aliphatic rings. The maximum Gasteiger partial charge on any atom is 0.341 e. The molecule has 2 aromatic rings. The summed E-state index contributed by atoms with van der Waals surface area (Å²) in [5.41, 5.74) is 1.75. The molecule has 88 valence electrons. The molecule has 0 spiro atoms. The summed E-state index contributed by atoms with van der Waals surface area (Å²) >= 11 is 5.94. The van der Waals surface area contributed by atoms with E-state index in [1.54, 1.807) is 19.2 Å². The van der Waals surface area contributed by atoms with Crippen molar-refractivity contribution in [1.82, 2.24) is 9.97 Å². The van der Waals surface area contributed by atoms with Crippen LogP contribution in [0.5, 0.6) is 0 Å². The topological polar surface area (TPSA) is 55.0 Å². The summed E-state index contributed by atoms with van der Waals surface area (Å²) in [7, 11) is 0. The molecule has 4 nitrogen and oxygen atoms in total. The highest BCUT2D eigenvalue weighted by Gasteiger charge is 2.16. The predicted molar refractivity (Wildman–Crippen MR) is 65.0 cm³/mol. The largest absolute Gasteiger partial charge is 0.462 e. The van der Waals surface area contributed by atoms with Gasteiger partial charge in [-0.1, -0.05) is 17.7 Å². The number of carbonyl (C=O) groups excluding carboxylic acids is 1. The van der Waals surface area contributed by atoms with Gasteiger partial charge in [0.2, 0.25) is 0 Å². The van der Waals surface area contributed by atoms with Gasteiger partial charge in [-0.15, -0.1) is 0 Å². The molecule has 0 aliphatic carbocycles. The van der Waals surface area contributed by atoms with Gasteiger partial charge in [-0.3, -0.25) is 4.98 Å². The van der Waals surface area contributed by atoms with Crippen molar-refractivity contribution in [2.75, 3.05) is 6.61 Å². The van der Waals surface area contributed by atoms with Crippen LogP contribution in [-0.4, -0.2) is 22.5 Å². The Hall–Kier alpha value is -1.81. The summed E-state index contributed by atoms with van der Waals surface area (Å²) in [5.74, 6) is -0.434. The summed E-state index contributed by atoms with van der Waals surface area (Å²) in [4.78, 5) is 18.6. The van der Waals surface area contributed by atoms with Crippen molar-refractivity contribution in [3.05, 3.63) is 41.2 Å². The first-order valence-electron chi connectivity index (χ1n) is 5.19. The fourth-order valence-electron chi connectivity index (χ4n) is 1.45. The highest BCUT2D eigenvalue weighted by atomic mass is 35.5. The van der Waals surface area contributed by atoms with E-state index in [1.807, 2.05) is 18.2 Å². The van der Waals surface area contributed by atoms with Crippen LogP contribution in [0, 0.1) is 0 Å². The zero-order valence-electron chi connectivity index (χ0n) is 9.24. The smallest absolute Gasteiger partial charge is 0.341 e. The van der Waals surface area contributed by atoms with Crippen LogP contribution >= 0.6 is 11.6 Å². The fraction of sp³-hybridized carbons (Fsp3) is 0.167. The number of carbonyl (C=O) groups is 1. The molecule has 0 saturated carbocycles. The molecule has 2 aromatic heterocycles. The minimum Gasteiger partial charge on any atom is -0.462 e. The first kappa shape index (κ1) is 11.7. The lowest BCUT2D eigenvalue weighted by molar-refractivity contribution is 0.0527. The molecule has 2 rings (SSSR count). The Labute approximate surface area is 104 Å². The summed E-state index contributed by atoms with van der Waals surface area (Å²) < 4.78 is 4.89. The first-order valence-corrected chi connectivity index (χ1v) is 5.57. The second-order valence-electron chi connectivity index (χ2n) is 3.35. The lowest BCUT2D eigenvalue weighted by Crippen LogP contribution is -2.03. The molecule has 0 aromatic carbocycles. The van der Waals surface area contributed by atoms with E-state index in [-0.39, 0.29) is 5.15 Å². The fourth-order valence-corrected chi connectivity index (χ4v) is 1.68. The van der Waals surface area contributed by atoms with Crippen molar-refractivity contribution in [3.8, 4) is 11.4 Å². The third-order valence-electron chi connectivity index (χ3n) is 2.21. The van der Waals surface area contributed by atoms with E-state index in [9.17, 15) is 4.79 Å². The second-order valence-corrected chi connectivity index (χ2v) is 3.72. The number of aromatic amines is 1. The molecule has 0 fully saturated rings. The first-order chi connectivity index (χ1) is 8.22. The van der Waals surface area contributed by atoms with E-state index in [0.29, 0.717) is 17.9 Å². The van der Waals surface area contributed by atoms with Crippen LogP contribution in [0.2, 0.25) is 5.15 Å². The molecule has 0 amide bonds. The Morgan fingerprint density at radius 1 is 1.53 bits per heavy atom. The van der Waals surface area contributed by atoms with Crippen molar-refractivity contribution >= 4 is 17.6 Å². The zero-order chi connectivity index (χ0) is 12.3. The molecule has 17 heavy (non-hydrogen) atoms. The molecule has 0 unspecified atom stereocenters. The maximum absolute atomic E-state index is 11.6. The van der Waals surface area contributed by atoms with E-state index in [0.717, 1.165) is 5.69 Å². The molecule has 0 radical (unpaired) electrons. The quantitative estimate of drug-likeness (QED) is 0.852. The van der Waals surface area contributed by atoms with Gasteiger partial charge >= 0.3 is 5.97 Å². The minimum atomic E-state index is -0.434. The average molecular weight is 251 g/mol. The zero-order valence-corrected chi connectivity index (χ0v) is 9.99. The summed E-state index contributed by atoms with van der Waals surface area (Å²) in [6.45, 7) is 2.07. The van der Waals surface area contributed by atoms with E-state index in [4.69, 9.17) is 16.3 Å². The summed E-state index contributed by atoms with van der Waals surface area (Å²) in [6, 6.07) is 7.15. The number of nitrogens with zero attached hydrogens (tertiary/aromatic N) is 1. The van der Waals surface area contributed by atoms with Gasteiger partial charge in [-0.2, -0.15) is 0 Å². The van der Waals surface area contributed by atoms with Crippen LogP contribution in [0.1, 0.15) is 17.3 Å². The molecule has 1 N–H and O–H groups in total. The highest BCUT2D eigenvalue weighted by Crippen LogP contribution is 2.24. The third-order valence-corrected chi connectivity index (χ3v) is 2.50. The molecule has 5 heteroatoms. The highest BCUT2D eigenvalue weighted by molar-refractivity contribution is 6.32. The number of hydrogen-bond donors (Lipinski definition) is 1. The van der Waals surface area contributed by atoms with Crippen molar-refractivity contribution < 1.29 is 9.53 Å². The van der Waals surface area contributed by atoms with Gasteiger partial charge < -0.3 is 9.72 Å². The Morgan fingerprint density at radius 3 is 3.00 bits per heavy atom. The third kappa shape index (κ3) is 2.47.